The molecule has 0 bridgehead atoms. The molecule has 0 aliphatic rings. The summed E-state index contributed by atoms with van der Waals surface area (Å²) in [4.78, 5) is 0. The molecule has 0 spiro atoms. The summed E-state index contributed by atoms with van der Waals surface area (Å²) in [7, 11) is 1.69. The molecule has 25 heavy (non-hydrogen) atoms. The first-order valence-corrected chi connectivity index (χ1v) is 9.22. The van der Waals surface area contributed by atoms with Crippen LogP contribution in [0.2, 0.25) is 0 Å². The van der Waals surface area contributed by atoms with Crippen LogP contribution >= 0.6 is 11.8 Å². The highest BCUT2D eigenvalue weighted by atomic mass is 32.2. The highest BCUT2D eigenvalue weighted by Gasteiger charge is 2.12. The molecule has 2 aromatic carbocycles. The van der Waals surface area contributed by atoms with Crippen LogP contribution in [0, 0.1) is 6.92 Å². The molecule has 0 atom stereocenters. The fraction of sp³-hybridized carbons (Fsp3) is 0.316. The first-order valence-electron chi connectivity index (χ1n) is 8.23. The van der Waals surface area contributed by atoms with E-state index in [-0.39, 0.29) is 0 Å². The lowest BCUT2D eigenvalue weighted by Crippen LogP contribution is -2.00. The molecule has 0 aliphatic carbocycles. The van der Waals surface area contributed by atoms with Gasteiger partial charge in [-0.25, -0.2) is 0 Å². The molecule has 0 unspecified atom stereocenters. The molecular formula is C19H22N4OS. The number of thioether (sulfide) groups is 1. The fourth-order valence-electron chi connectivity index (χ4n) is 2.59. The van der Waals surface area contributed by atoms with Gasteiger partial charge in [-0.1, -0.05) is 55.4 Å². The molecule has 0 amide bonds. The largest absolute Gasteiger partial charge is 0.496 e. The van der Waals surface area contributed by atoms with E-state index in [4.69, 9.17) is 4.74 Å². The number of methoxy groups -OCH3 is 1. The van der Waals surface area contributed by atoms with Crippen LogP contribution < -0.4 is 4.74 Å². The number of ether oxygens (including phenoxy) is 1. The smallest absolute Gasteiger partial charge is 0.214 e. The van der Waals surface area contributed by atoms with E-state index in [1.54, 1.807) is 23.6 Å². The van der Waals surface area contributed by atoms with Gasteiger partial charge in [0.2, 0.25) is 5.16 Å². The van der Waals surface area contributed by atoms with Crippen LogP contribution in [0.1, 0.15) is 36.5 Å². The zero-order valence-electron chi connectivity index (χ0n) is 14.9. The van der Waals surface area contributed by atoms with Crippen LogP contribution in [0.15, 0.2) is 47.6 Å². The number of tetrazole rings is 1. The standard InChI is InChI=1S/C19H22N4OS/c1-13(2)15-6-8-17(9-7-15)23-19(20-21-22-23)25-12-16-11-14(3)5-10-18(16)24-4/h5-11,13H,12H2,1-4H3. The molecule has 3 aromatic rings. The van der Waals surface area contributed by atoms with Gasteiger partial charge < -0.3 is 4.74 Å². The second-order valence-electron chi connectivity index (χ2n) is 6.22. The number of rotatable bonds is 6. The zero-order chi connectivity index (χ0) is 17.8. The third-order valence-electron chi connectivity index (χ3n) is 4.04. The van der Waals surface area contributed by atoms with E-state index in [2.05, 4.69) is 66.6 Å². The topological polar surface area (TPSA) is 52.8 Å². The van der Waals surface area contributed by atoms with E-state index in [0.29, 0.717) is 5.92 Å². The molecule has 0 aliphatic heterocycles. The number of benzene rings is 2. The molecule has 130 valence electrons. The van der Waals surface area contributed by atoms with Gasteiger partial charge in [0.25, 0.3) is 0 Å². The summed E-state index contributed by atoms with van der Waals surface area (Å²) in [5.41, 5.74) is 4.61. The predicted octanol–water partition coefficient (Wildman–Crippen LogP) is 4.40. The zero-order valence-corrected chi connectivity index (χ0v) is 15.7. The van der Waals surface area contributed by atoms with Gasteiger partial charge in [-0.05, 0) is 47.0 Å². The Labute approximate surface area is 152 Å². The van der Waals surface area contributed by atoms with Crippen molar-refractivity contribution in [3.8, 4) is 11.4 Å². The second kappa shape index (κ2) is 7.70. The molecule has 0 saturated heterocycles. The van der Waals surface area contributed by atoms with Crippen LogP contribution in [0.4, 0.5) is 0 Å². The minimum atomic E-state index is 0.505. The van der Waals surface area contributed by atoms with Crippen molar-refractivity contribution in [3.05, 3.63) is 59.2 Å². The van der Waals surface area contributed by atoms with Gasteiger partial charge in [0.05, 0.1) is 12.8 Å². The van der Waals surface area contributed by atoms with Crippen molar-refractivity contribution in [2.45, 2.75) is 37.6 Å². The van der Waals surface area contributed by atoms with E-state index >= 15 is 0 Å². The van der Waals surface area contributed by atoms with Crippen molar-refractivity contribution in [1.82, 2.24) is 20.2 Å². The van der Waals surface area contributed by atoms with E-state index in [0.717, 1.165) is 27.9 Å². The van der Waals surface area contributed by atoms with Crippen molar-refractivity contribution in [2.24, 2.45) is 0 Å². The van der Waals surface area contributed by atoms with Crippen LogP contribution in [0.3, 0.4) is 0 Å². The lowest BCUT2D eigenvalue weighted by atomic mass is 10.0. The Bertz CT molecular complexity index is 843. The maximum atomic E-state index is 5.45. The van der Waals surface area contributed by atoms with E-state index < -0.39 is 0 Å². The summed E-state index contributed by atoms with van der Waals surface area (Å²) in [6, 6.07) is 14.6. The van der Waals surface area contributed by atoms with Gasteiger partial charge in [0.15, 0.2) is 0 Å². The van der Waals surface area contributed by atoms with Crippen LogP contribution in [-0.2, 0) is 5.75 Å². The molecule has 5 nitrogen and oxygen atoms in total. The lowest BCUT2D eigenvalue weighted by molar-refractivity contribution is 0.411. The van der Waals surface area contributed by atoms with Crippen molar-refractivity contribution in [3.63, 3.8) is 0 Å². The van der Waals surface area contributed by atoms with Crippen LogP contribution in [0.25, 0.3) is 5.69 Å². The maximum Gasteiger partial charge on any atom is 0.214 e. The summed E-state index contributed by atoms with van der Waals surface area (Å²) in [5.74, 6) is 2.14. The molecule has 0 fully saturated rings. The normalized spacial score (nSPS) is 11.1. The minimum Gasteiger partial charge on any atom is -0.496 e. The lowest BCUT2D eigenvalue weighted by Gasteiger charge is -2.10. The summed E-state index contributed by atoms with van der Waals surface area (Å²) in [6.45, 7) is 6.44. The summed E-state index contributed by atoms with van der Waals surface area (Å²) >= 11 is 1.60. The molecule has 0 radical (unpaired) electrons. The van der Waals surface area contributed by atoms with Crippen LogP contribution in [-0.4, -0.2) is 27.3 Å². The summed E-state index contributed by atoms with van der Waals surface area (Å²) in [5, 5.41) is 12.9. The first-order chi connectivity index (χ1) is 12.1. The van der Waals surface area contributed by atoms with Gasteiger partial charge in [-0.3, -0.25) is 0 Å². The SMILES string of the molecule is COc1ccc(C)cc1CSc1nnnn1-c1ccc(C(C)C)cc1. The molecular weight excluding hydrogens is 332 g/mol. The Hall–Kier alpha value is -2.34. The molecule has 0 N–H and O–H groups in total. The summed E-state index contributed by atoms with van der Waals surface area (Å²) in [6.07, 6.45) is 0. The maximum absolute atomic E-state index is 5.45. The van der Waals surface area contributed by atoms with Crippen molar-refractivity contribution in [1.29, 1.82) is 0 Å². The molecule has 1 heterocycles. The fourth-order valence-corrected chi connectivity index (χ4v) is 3.46. The van der Waals surface area contributed by atoms with Crippen molar-refractivity contribution >= 4 is 11.8 Å². The van der Waals surface area contributed by atoms with E-state index in [9.17, 15) is 0 Å². The monoisotopic (exact) mass is 354 g/mol. The Morgan fingerprint density at radius 1 is 1.12 bits per heavy atom. The minimum absolute atomic E-state index is 0.505. The Kier molecular flexibility index (Phi) is 5.38. The number of hydrogen-bond donors (Lipinski definition) is 0. The predicted molar refractivity (Wildman–Crippen MR) is 101 cm³/mol. The second-order valence-corrected chi connectivity index (χ2v) is 7.17. The third kappa shape index (κ3) is 4.02. The average molecular weight is 354 g/mol. The quantitative estimate of drug-likeness (QED) is 0.614. The average Bonchev–Trinajstić information content (AvgIpc) is 3.08. The van der Waals surface area contributed by atoms with Gasteiger partial charge in [-0.15, -0.1) is 5.10 Å². The van der Waals surface area contributed by atoms with Crippen molar-refractivity contribution < 1.29 is 4.74 Å². The Morgan fingerprint density at radius 3 is 2.56 bits per heavy atom. The molecule has 0 saturated carbocycles. The van der Waals surface area contributed by atoms with Crippen molar-refractivity contribution in [2.75, 3.05) is 7.11 Å². The number of aromatic nitrogens is 4. The van der Waals surface area contributed by atoms with Gasteiger partial charge >= 0.3 is 0 Å². The Morgan fingerprint density at radius 2 is 1.88 bits per heavy atom. The highest BCUT2D eigenvalue weighted by Crippen LogP contribution is 2.28. The number of aryl methyl sites for hydroxylation is 1. The summed E-state index contributed by atoms with van der Waals surface area (Å²) < 4.78 is 7.22. The third-order valence-corrected chi connectivity index (χ3v) is 5.01. The molecule has 3 rings (SSSR count). The van der Waals surface area contributed by atoms with E-state index in [1.165, 1.54) is 11.1 Å². The van der Waals surface area contributed by atoms with Gasteiger partial charge in [-0.2, -0.15) is 4.68 Å². The molecule has 6 heteroatoms. The number of hydrogen-bond acceptors (Lipinski definition) is 5. The highest BCUT2D eigenvalue weighted by molar-refractivity contribution is 7.98. The van der Waals surface area contributed by atoms with Gasteiger partial charge in [0.1, 0.15) is 5.75 Å². The Balaban J connectivity index is 1.79. The first kappa shape index (κ1) is 17.5. The van der Waals surface area contributed by atoms with Crippen LogP contribution in [0.5, 0.6) is 5.75 Å². The van der Waals surface area contributed by atoms with Gasteiger partial charge in [0, 0.05) is 11.3 Å². The number of nitrogens with zero attached hydrogens (tertiary/aromatic N) is 4. The van der Waals surface area contributed by atoms with E-state index in [1.807, 2.05) is 12.1 Å². The molecule has 1 aromatic heterocycles.